The summed E-state index contributed by atoms with van der Waals surface area (Å²) in [5.74, 6) is 0. The molecule has 1 heterocycles. The summed E-state index contributed by atoms with van der Waals surface area (Å²) in [5, 5.41) is 0. The van der Waals surface area contributed by atoms with E-state index in [9.17, 15) is 0 Å². The van der Waals surface area contributed by atoms with Crippen molar-refractivity contribution in [2.45, 2.75) is 59.0 Å². The van der Waals surface area contributed by atoms with E-state index >= 15 is 0 Å². The van der Waals surface area contributed by atoms with Crippen LogP contribution in [0.15, 0.2) is 0 Å². The Morgan fingerprint density at radius 2 is 2.00 bits per heavy atom. The lowest BCUT2D eigenvalue weighted by atomic mass is 9.87. The van der Waals surface area contributed by atoms with Gasteiger partial charge in [0.05, 0.1) is 13.2 Å². The third-order valence-corrected chi connectivity index (χ3v) is 3.46. The summed E-state index contributed by atoms with van der Waals surface area (Å²) in [6.07, 6.45) is 2.18. The van der Waals surface area contributed by atoms with Crippen LogP contribution in [0.2, 0.25) is 0 Å². The zero-order valence-electron chi connectivity index (χ0n) is 12.3. The highest BCUT2D eigenvalue weighted by molar-refractivity contribution is 4.85. The minimum Gasteiger partial charge on any atom is -0.378 e. The van der Waals surface area contributed by atoms with Crippen LogP contribution >= 0.6 is 0 Å². The van der Waals surface area contributed by atoms with Crippen LogP contribution in [-0.4, -0.2) is 42.8 Å². The first-order valence-electron chi connectivity index (χ1n) is 6.79. The summed E-state index contributed by atoms with van der Waals surface area (Å²) < 4.78 is 5.53. The highest BCUT2D eigenvalue weighted by atomic mass is 16.5. The molecule has 1 rings (SSSR count). The number of nitrogens with zero attached hydrogens (tertiary/aromatic N) is 1. The second kappa shape index (κ2) is 5.68. The van der Waals surface area contributed by atoms with E-state index in [1.807, 2.05) is 0 Å². The zero-order valence-corrected chi connectivity index (χ0v) is 12.3. The highest BCUT2D eigenvalue weighted by Gasteiger charge is 2.30. The molecule has 3 nitrogen and oxygen atoms in total. The summed E-state index contributed by atoms with van der Waals surface area (Å²) in [4.78, 5) is 2.51. The Morgan fingerprint density at radius 1 is 1.35 bits per heavy atom. The Labute approximate surface area is 107 Å². The van der Waals surface area contributed by atoms with Crippen molar-refractivity contribution in [3.05, 3.63) is 0 Å². The van der Waals surface area contributed by atoms with E-state index in [0.29, 0.717) is 11.5 Å². The highest BCUT2D eigenvalue weighted by Crippen LogP contribution is 2.23. The molecule has 0 aromatic heterocycles. The molecular weight excluding hydrogens is 212 g/mol. The Kier molecular flexibility index (Phi) is 4.99. The molecule has 0 saturated carbocycles. The van der Waals surface area contributed by atoms with Gasteiger partial charge in [-0.25, -0.2) is 0 Å². The summed E-state index contributed by atoms with van der Waals surface area (Å²) in [6, 6.07) is 0.314. The topological polar surface area (TPSA) is 38.5 Å². The van der Waals surface area contributed by atoms with E-state index in [-0.39, 0.29) is 5.54 Å². The minimum atomic E-state index is 0.166. The van der Waals surface area contributed by atoms with Crippen LogP contribution < -0.4 is 5.73 Å². The number of morpholine rings is 1. The van der Waals surface area contributed by atoms with Crippen molar-refractivity contribution in [1.29, 1.82) is 0 Å². The maximum atomic E-state index is 6.21. The van der Waals surface area contributed by atoms with E-state index in [4.69, 9.17) is 10.5 Å². The van der Waals surface area contributed by atoms with Gasteiger partial charge in [0.15, 0.2) is 0 Å². The second-order valence-corrected chi connectivity index (χ2v) is 7.17. The first-order valence-corrected chi connectivity index (χ1v) is 6.79. The molecule has 1 aliphatic heterocycles. The lowest BCUT2D eigenvalue weighted by molar-refractivity contribution is -0.0520. The van der Waals surface area contributed by atoms with Crippen molar-refractivity contribution in [2.75, 3.05) is 26.3 Å². The fourth-order valence-corrected chi connectivity index (χ4v) is 2.52. The zero-order chi connectivity index (χ0) is 13.1. The van der Waals surface area contributed by atoms with Crippen molar-refractivity contribution in [3.63, 3.8) is 0 Å². The summed E-state index contributed by atoms with van der Waals surface area (Å²) >= 11 is 0. The minimum absolute atomic E-state index is 0.166. The predicted octanol–water partition coefficient (Wildman–Crippen LogP) is 2.25. The number of rotatable bonds is 4. The van der Waals surface area contributed by atoms with Gasteiger partial charge >= 0.3 is 0 Å². The van der Waals surface area contributed by atoms with E-state index < -0.39 is 0 Å². The maximum absolute atomic E-state index is 6.21. The standard InChI is InChI=1S/C14H30N2O/c1-13(2,3)10-12(15)6-7-16-8-9-17-11-14(16,4)5/h12H,6-11,15H2,1-5H3. The van der Waals surface area contributed by atoms with Crippen LogP contribution in [0, 0.1) is 5.41 Å². The van der Waals surface area contributed by atoms with E-state index in [1.165, 1.54) is 0 Å². The molecule has 0 aromatic carbocycles. The summed E-state index contributed by atoms with van der Waals surface area (Å²) in [5.41, 5.74) is 6.71. The van der Waals surface area contributed by atoms with Gasteiger partial charge in [-0.05, 0) is 32.1 Å². The molecule has 0 amide bonds. The van der Waals surface area contributed by atoms with Crippen molar-refractivity contribution in [2.24, 2.45) is 11.1 Å². The third kappa shape index (κ3) is 5.36. The molecule has 1 atom stereocenters. The fourth-order valence-electron chi connectivity index (χ4n) is 2.52. The molecule has 0 aromatic rings. The smallest absolute Gasteiger partial charge is 0.0645 e. The Balaban J connectivity index is 2.34. The van der Waals surface area contributed by atoms with Crippen LogP contribution in [0.1, 0.15) is 47.5 Å². The predicted molar refractivity (Wildman–Crippen MR) is 73.1 cm³/mol. The monoisotopic (exact) mass is 242 g/mol. The SMILES string of the molecule is CC(C)(C)CC(N)CCN1CCOCC1(C)C. The second-order valence-electron chi connectivity index (χ2n) is 7.17. The van der Waals surface area contributed by atoms with Gasteiger partial charge in [-0.3, -0.25) is 4.90 Å². The molecule has 0 bridgehead atoms. The van der Waals surface area contributed by atoms with Crippen molar-refractivity contribution in [3.8, 4) is 0 Å². The first-order chi connectivity index (χ1) is 7.71. The van der Waals surface area contributed by atoms with Gasteiger partial charge in [0.2, 0.25) is 0 Å². The maximum Gasteiger partial charge on any atom is 0.0645 e. The Hall–Kier alpha value is -0.120. The largest absolute Gasteiger partial charge is 0.378 e. The number of hydrogen-bond donors (Lipinski definition) is 1. The van der Waals surface area contributed by atoms with Gasteiger partial charge in [0.1, 0.15) is 0 Å². The molecule has 1 fully saturated rings. The molecule has 0 aliphatic carbocycles. The first kappa shape index (κ1) is 14.9. The molecular formula is C14H30N2O. The molecule has 3 heteroatoms. The molecule has 102 valence electrons. The van der Waals surface area contributed by atoms with Crippen LogP contribution in [0.5, 0.6) is 0 Å². The quantitative estimate of drug-likeness (QED) is 0.822. The van der Waals surface area contributed by atoms with Gasteiger partial charge in [-0.15, -0.1) is 0 Å². The lowest BCUT2D eigenvalue weighted by Crippen LogP contribution is -2.53. The van der Waals surface area contributed by atoms with Gasteiger partial charge in [0.25, 0.3) is 0 Å². The molecule has 2 N–H and O–H groups in total. The van der Waals surface area contributed by atoms with Gasteiger partial charge < -0.3 is 10.5 Å². The average molecular weight is 242 g/mol. The normalized spacial score (nSPS) is 23.6. The lowest BCUT2D eigenvalue weighted by Gasteiger charge is -2.42. The van der Waals surface area contributed by atoms with Crippen LogP contribution in [-0.2, 0) is 4.74 Å². The molecule has 1 unspecified atom stereocenters. The fraction of sp³-hybridized carbons (Fsp3) is 1.00. The molecule has 0 spiro atoms. The third-order valence-electron chi connectivity index (χ3n) is 3.46. The number of ether oxygens (including phenoxy) is 1. The van der Waals surface area contributed by atoms with Crippen molar-refractivity contribution in [1.82, 2.24) is 4.90 Å². The Bertz CT molecular complexity index is 233. The van der Waals surface area contributed by atoms with Crippen molar-refractivity contribution >= 4 is 0 Å². The van der Waals surface area contributed by atoms with Crippen LogP contribution in [0.4, 0.5) is 0 Å². The van der Waals surface area contributed by atoms with Gasteiger partial charge in [-0.2, -0.15) is 0 Å². The summed E-state index contributed by atoms with van der Waals surface area (Å²) in [7, 11) is 0. The van der Waals surface area contributed by atoms with Gasteiger partial charge in [0, 0.05) is 24.7 Å². The van der Waals surface area contributed by atoms with E-state index in [0.717, 1.165) is 39.1 Å². The Morgan fingerprint density at radius 3 is 2.53 bits per heavy atom. The molecule has 0 radical (unpaired) electrons. The van der Waals surface area contributed by atoms with Crippen molar-refractivity contribution < 1.29 is 4.74 Å². The molecule has 1 aliphatic rings. The van der Waals surface area contributed by atoms with E-state index in [1.54, 1.807) is 0 Å². The van der Waals surface area contributed by atoms with Crippen LogP contribution in [0.25, 0.3) is 0 Å². The molecule has 17 heavy (non-hydrogen) atoms. The summed E-state index contributed by atoms with van der Waals surface area (Å²) in [6.45, 7) is 15.1. The van der Waals surface area contributed by atoms with E-state index in [2.05, 4.69) is 39.5 Å². The number of hydrogen-bond acceptors (Lipinski definition) is 3. The number of nitrogens with two attached hydrogens (primary N) is 1. The molecule has 1 saturated heterocycles. The van der Waals surface area contributed by atoms with Gasteiger partial charge in [-0.1, -0.05) is 20.8 Å². The average Bonchev–Trinajstić information content (AvgIpc) is 2.12. The van der Waals surface area contributed by atoms with Crippen LogP contribution in [0.3, 0.4) is 0 Å².